The summed E-state index contributed by atoms with van der Waals surface area (Å²) in [6.07, 6.45) is 3.22. The number of aromatic nitrogens is 2. The normalized spacial score (nSPS) is 21.8. The van der Waals surface area contributed by atoms with Gasteiger partial charge in [-0.2, -0.15) is 4.98 Å². The summed E-state index contributed by atoms with van der Waals surface area (Å²) in [5.41, 5.74) is 8.63. The van der Waals surface area contributed by atoms with Crippen LogP contribution in [0.3, 0.4) is 0 Å². The van der Waals surface area contributed by atoms with Gasteiger partial charge in [0.25, 0.3) is 0 Å². The molecule has 0 radical (unpaired) electrons. The van der Waals surface area contributed by atoms with Crippen LogP contribution in [-0.2, 0) is 4.79 Å². The van der Waals surface area contributed by atoms with Gasteiger partial charge in [0.2, 0.25) is 11.9 Å². The Bertz CT molecular complexity index is 945. The fourth-order valence-corrected chi connectivity index (χ4v) is 4.36. The molecule has 0 unspecified atom stereocenters. The number of hydrogen-bond donors (Lipinski definition) is 3. The molecule has 4 N–H and O–H groups in total. The van der Waals surface area contributed by atoms with Crippen LogP contribution in [0.15, 0.2) is 24.4 Å². The smallest absolute Gasteiger partial charge is 0.229 e. The van der Waals surface area contributed by atoms with Gasteiger partial charge in [0, 0.05) is 49.5 Å². The lowest BCUT2D eigenvalue weighted by atomic mass is 10.1. The zero-order valence-electron chi connectivity index (χ0n) is 18.1. The molecule has 0 spiro atoms. The van der Waals surface area contributed by atoms with Crippen LogP contribution in [0.5, 0.6) is 0 Å². The Labute approximate surface area is 182 Å². The van der Waals surface area contributed by atoms with Gasteiger partial charge in [0.15, 0.2) is 11.6 Å². The van der Waals surface area contributed by atoms with Gasteiger partial charge in [0.05, 0.1) is 6.20 Å². The maximum atomic E-state index is 14.3. The molecule has 2 aromatic rings. The van der Waals surface area contributed by atoms with E-state index in [-0.39, 0.29) is 23.7 Å². The fraction of sp³-hybridized carbons (Fsp3) is 0.500. The first-order valence-corrected chi connectivity index (χ1v) is 10.8. The third-order valence-electron chi connectivity index (χ3n) is 6.22. The summed E-state index contributed by atoms with van der Waals surface area (Å²) in [6, 6.07) is 6.13. The predicted octanol–water partition coefficient (Wildman–Crippen LogP) is 2.49. The maximum absolute atomic E-state index is 14.3. The number of aryl methyl sites for hydroxylation is 1. The monoisotopic (exact) mass is 427 g/mol. The number of primary amides is 1. The molecule has 4 rings (SSSR count). The number of benzene rings is 1. The lowest BCUT2D eigenvalue weighted by Crippen LogP contribution is -2.44. The summed E-state index contributed by atoms with van der Waals surface area (Å²) in [7, 11) is 2.14. The second kappa shape index (κ2) is 9.05. The second-order valence-corrected chi connectivity index (χ2v) is 8.56. The van der Waals surface area contributed by atoms with Gasteiger partial charge in [-0.25, -0.2) is 9.37 Å². The minimum atomic E-state index is -0.519. The van der Waals surface area contributed by atoms with Crippen molar-refractivity contribution in [3.05, 3.63) is 35.8 Å². The van der Waals surface area contributed by atoms with Crippen molar-refractivity contribution < 1.29 is 9.18 Å². The van der Waals surface area contributed by atoms with E-state index in [1.165, 1.54) is 11.3 Å². The fourth-order valence-electron chi connectivity index (χ4n) is 4.36. The number of rotatable bonds is 6. The zero-order valence-corrected chi connectivity index (χ0v) is 18.1. The Morgan fingerprint density at radius 2 is 2.00 bits per heavy atom. The van der Waals surface area contributed by atoms with E-state index in [1.807, 2.05) is 6.07 Å². The van der Waals surface area contributed by atoms with Crippen LogP contribution in [0.4, 0.5) is 27.5 Å². The molecule has 0 bridgehead atoms. The highest BCUT2D eigenvalue weighted by Gasteiger charge is 2.29. The summed E-state index contributed by atoms with van der Waals surface area (Å²) in [6.45, 7) is 6.22. The SMILES string of the molecule is Cc1cc(Nc2ncc(F)c(N[C@H]3CC[C@H](C(N)=O)C3)n2)ccc1N1CCN(C)CC1. The predicted molar refractivity (Wildman–Crippen MR) is 120 cm³/mol. The topological polar surface area (TPSA) is 99.4 Å². The largest absolute Gasteiger partial charge is 0.369 e. The molecule has 2 atom stereocenters. The van der Waals surface area contributed by atoms with Crippen LogP contribution in [0.1, 0.15) is 24.8 Å². The number of nitrogens with two attached hydrogens (primary N) is 1. The molecule has 8 nitrogen and oxygen atoms in total. The highest BCUT2D eigenvalue weighted by Crippen LogP contribution is 2.29. The van der Waals surface area contributed by atoms with Crippen LogP contribution >= 0.6 is 0 Å². The number of halogens is 1. The number of amides is 1. The molecule has 9 heteroatoms. The molecule has 1 saturated heterocycles. The van der Waals surface area contributed by atoms with Crippen molar-refractivity contribution in [2.75, 3.05) is 48.8 Å². The first-order chi connectivity index (χ1) is 14.9. The quantitative estimate of drug-likeness (QED) is 0.651. The van der Waals surface area contributed by atoms with Gasteiger partial charge >= 0.3 is 0 Å². The van der Waals surface area contributed by atoms with Gasteiger partial charge in [-0.05, 0) is 57.0 Å². The lowest BCUT2D eigenvalue weighted by molar-refractivity contribution is -0.121. The highest BCUT2D eigenvalue weighted by molar-refractivity contribution is 5.77. The molecule has 1 aromatic heterocycles. The van der Waals surface area contributed by atoms with E-state index in [1.54, 1.807) is 0 Å². The average Bonchev–Trinajstić information content (AvgIpc) is 3.21. The number of carbonyl (C=O) groups is 1. The van der Waals surface area contributed by atoms with Crippen LogP contribution in [-0.4, -0.2) is 60.0 Å². The molecule has 1 amide bonds. The van der Waals surface area contributed by atoms with Gasteiger partial charge in [0.1, 0.15) is 0 Å². The van der Waals surface area contributed by atoms with Crippen molar-refractivity contribution in [3.8, 4) is 0 Å². The van der Waals surface area contributed by atoms with E-state index in [2.05, 4.69) is 56.5 Å². The van der Waals surface area contributed by atoms with E-state index in [4.69, 9.17) is 5.73 Å². The Morgan fingerprint density at radius 1 is 1.23 bits per heavy atom. The van der Waals surface area contributed by atoms with Gasteiger partial charge < -0.3 is 26.2 Å². The van der Waals surface area contributed by atoms with E-state index in [0.29, 0.717) is 18.8 Å². The molecule has 1 aliphatic carbocycles. The molecule has 2 heterocycles. The molecule has 1 saturated carbocycles. The second-order valence-electron chi connectivity index (χ2n) is 8.56. The van der Waals surface area contributed by atoms with Crippen molar-refractivity contribution in [3.63, 3.8) is 0 Å². The number of anilines is 4. The zero-order chi connectivity index (χ0) is 22.0. The minimum Gasteiger partial charge on any atom is -0.369 e. The number of nitrogens with zero attached hydrogens (tertiary/aromatic N) is 4. The molecule has 31 heavy (non-hydrogen) atoms. The Balaban J connectivity index is 1.43. The first kappa shape index (κ1) is 21.3. The van der Waals surface area contributed by atoms with Gasteiger partial charge in [-0.15, -0.1) is 0 Å². The molecule has 2 fully saturated rings. The third kappa shape index (κ3) is 5.04. The van der Waals surface area contributed by atoms with Crippen LogP contribution in [0.2, 0.25) is 0 Å². The Kier molecular flexibility index (Phi) is 6.22. The summed E-state index contributed by atoms with van der Waals surface area (Å²) in [5.74, 6) is -0.528. The number of nitrogens with one attached hydrogen (secondary N) is 2. The summed E-state index contributed by atoms with van der Waals surface area (Å²) >= 11 is 0. The van der Waals surface area contributed by atoms with E-state index in [9.17, 15) is 9.18 Å². The molecule has 166 valence electrons. The molecular weight excluding hydrogens is 397 g/mol. The third-order valence-corrected chi connectivity index (χ3v) is 6.22. The van der Waals surface area contributed by atoms with Crippen molar-refractivity contribution in [2.45, 2.75) is 32.2 Å². The van der Waals surface area contributed by atoms with E-state index in [0.717, 1.165) is 44.5 Å². The average molecular weight is 428 g/mol. The van der Waals surface area contributed by atoms with Crippen molar-refractivity contribution in [2.24, 2.45) is 11.7 Å². The Morgan fingerprint density at radius 3 is 2.68 bits per heavy atom. The maximum Gasteiger partial charge on any atom is 0.229 e. The molecule has 1 aliphatic heterocycles. The van der Waals surface area contributed by atoms with Crippen molar-refractivity contribution >= 4 is 29.0 Å². The van der Waals surface area contributed by atoms with Crippen molar-refractivity contribution in [1.29, 1.82) is 0 Å². The minimum absolute atomic E-state index is 0.0279. The summed E-state index contributed by atoms with van der Waals surface area (Å²) in [4.78, 5) is 24.5. The number of likely N-dealkylation sites (N-methyl/N-ethyl adjacent to an activating group) is 1. The first-order valence-electron chi connectivity index (χ1n) is 10.8. The number of piperazine rings is 1. The van der Waals surface area contributed by atoms with E-state index >= 15 is 0 Å². The van der Waals surface area contributed by atoms with Gasteiger partial charge in [-0.3, -0.25) is 4.79 Å². The number of carbonyl (C=O) groups excluding carboxylic acids is 1. The summed E-state index contributed by atoms with van der Waals surface area (Å²) in [5, 5.41) is 6.27. The highest BCUT2D eigenvalue weighted by atomic mass is 19.1. The van der Waals surface area contributed by atoms with Crippen molar-refractivity contribution in [1.82, 2.24) is 14.9 Å². The van der Waals surface area contributed by atoms with Crippen LogP contribution in [0, 0.1) is 18.7 Å². The molecule has 2 aliphatic rings. The van der Waals surface area contributed by atoms with E-state index < -0.39 is 5.82 Å². The molecular formula is C22H30FN7O. The standard InChI is InChI=1S/C22H30FN7O/c1-14-11-16(5-6-19(14)30-9-7-29(2)8-10-30)27-22-25-13-18(23)21(28-22)26-17-4-3-15(12-17)20(24)31/h5-6,11,13,15,17H,3-4,7-10,12H2,1-2H3,(H2,24,31)(H2,25,26,27,28)/t15-,17-/m0/s1. The lowest BCUT2D eigenvalue weighted by Gasteiger charge is -2.35. The number of hydrogen-bond acceptors (Lipinski definition) is 7. The van der Waals surface area contributed by atoms with Gasteiger partial charge in [-0.1, -0.05) is 0 Å². The van der Waals surface area contributed by atoms with Crippen LogP contribution in [0.25, 0.3) is 0 Å². The summed E-state index contributed by atoms with van der Waals surface area (Å²) < 4.78 is 14.3. The Hall–Kier alpha value is -2.94. The van der Waals surface area contributed by atoms with Crippen LogP contribution < -0.4 is 21.3 Å². The molecule has 1 aromatic carbocycles.